The summed E-state index contributed by atoms with van der Waals surface area (Å²) >= 11 is 7.34. The third-order valence-electron chi connectivity index (χ3n) is 2.31. The van der Waals surface area contributed by atoms with Crippen LogP contribution in [0.1, 0.15) is 15.3 Å². The van der Waals surface area contributed by atoms with Crippen molar-refractivity contribution in [2.24, 2.45) is 0 Å². The van der Waals surface area contributed by atoms with E-state index < -0.39 is 0 Å². The van der Waals surface area contributed by atoms with Gasteiger partial charge in [-0.2, -0.15) is 5.26 Å². The fourth-order valence-corrected chi connectivity index (χ4v) is 2.37. The quantitative estimate of drug-likeness (QED) is 0.915. The molecule has 0 amide bonds. The minimum atomic E-state index is 0.755. The highest BCUT2D eigenvalue weighted by Crippen LogP contribution is 2.15. The largest absolute Gasteiger partial charge is 0.308 e. The van der Waals surface area contributed by atoms with Crippen LogP contribution in [-0.4, -0.2) is 0 Å². The van der Waals surface area contributed by atoms with Crippen LogP contribution in [0.25, 0.3) is 0 Å². The normalized spacial score (nSPS) is 10.1. The van der Waals surface area contributed by atoms with Crippen molar-refractivity contribution in [3.05, 3.63) is 56.7 Å². The van der Waals surface area contributed by atoms with Gasteiger partial charge in [-0.15, -0.1) is 11.3 Å². The van der Waals surface area contributed by atoms with Gasteiger partial charge in [0.15, 0.2) is 0 Å². The number of rotatable bonds is 4. The average Bonchev–Trinajstić information content (AvgIpc) is 2.80. The summed E-state index contributed by atoms with van der Waals surface area (Å²) < 4.78 is 0. The molecule has 2 nitrogen and oxygen atoms in total. The van der Waals surface area contributed by atoms with E-state index in [1.807, 2.05) is 36.4 Å². The zero-order chi connectivity index (χ0) is 12.1. The molecular weight excluding hydrogens is 252 g/mol. The molecule has 17 heavy (non-hydrogen) atoms. The Hall–Kier alpha value is -1.34. The summed E-state index contributed by atoms with van der Waals surface area (Å²) in [6.45, 7) is 1.59. The summed E-state index contributed by atoms with van der Waals surface area (Å²) in [7, 11) is 0. The van der Waals surface area contributed by atoms with E-state index in [1.165, 1.54) is 21.8 Å². The molecule has 1 aromatic carbocycles. The van der Waals surface area contributed by atoms with Crippen molar-refractivity contribution in [2.45, 2.75) is 13.1 Å². The Balaban J connectivity index is 1.83. The number of halogens is 1. The number of thiophene rings is 1. The van der Waals surface area contributed by atoms with Gasteiger partial charge < -0.3 is 5.32 Å². The highest BCUT2D eigenvalue weighted by Gasteiger charge is 1.99. The van der Waals surface area contributed by atoms with Crippen molar-refractivity contribution in [3.8, 4) is 6.07 Å². The molecule has 0 radical (unpaired) electrons. The molecule has 86 valence electrons. The van der Waals surface area contributed by atoms with Crippen molar-refractivity contribution in [1.82, 2.24) is 5.32 Å². The van der Waals surface area contributed by atoms with Gasteiger partial charge >= 0.3 is 0 Å². The Morgan fingerprint density at radius 2 is 1.88 bits per heavy atom. The Bertz CT molecular complexity index is 525. The van der Waals surface area contributed by atoms with Crippen molar-refractivity contribution in [2.75, 3.05) is 0 Å². The van der Waals surface area contributed by atoms with Gasteiger partial charge in [-0.1, -0.05) is 23.7 Å². The summed E-state index contributed by atoms with van der Waals surface area (Å²) in [4.78, 5) is 1.93. The maximum Gasteiger partial charge on any atom is 0.110 e. The first-order valence-electron chi connectivity index (χ1n) is 5.22. The van der Waals surface area contributed by atoms with E-state index in [9.17, 15) is 0 Å². The zero-order valence-corrected chi connectivity index (χ0v) is 10.7. The molecule has 0 fully saturated rings. The maximum atomic E-state index is 8.71. The molecule has 0 atom stereocenters. The van der Waals surface area contributed by atoms with Crippen molar-refractivity contribution in [3.63, 3.8) is 0 Å². The molecular formula is C13H11ClN2S. The molecule has 4 heteroatoms. The van der Waals surface area contributed by atoms with Crippen molar-refractivity contribution in [1.29, 1.82) is 5.26 Å². The van der Waals surface area contributed by atoms with Crippen LogP contribution in [0.5, 0.6) is 0 Å². The lowest BCUT2D eigenvalue weighted by Crippen LogP contribution is -2.11. The minimum absolute atomic E-state index is 0.755. The van der Waals surface area contributed by atoms with Crippen molar-refractivity contribution >= 4 is 22.9 Å². The van der Waals surface area contributed by atoms with E-state index >= 15 is 0 Å². The van der Waals surface area contributed by atoms with Crippen LogP contribution in [0.2, 0.25) is 5.02 Å². The standard InChI is InChI=1S/C13H11ClN2S/c14-11-3-1-10(2-4-11)8-16-9-13-6-5-12(7-15)17-13/h1-6,16H,8-9H2. The molecule has 2 aromatic rings. The molecule has 0 bridgehead atoms. The van der Waals surface area contributed by atoms with Crippen LogP contribution in [-0.2, 0) is 13.1 Å². The van der Waals surface area contributed by atoms with Crippen LogP contribution in [0.15, 0.2) is 36.4 Å². The predicted octanol–water partition coefficient (Wildman–Crippen LogP) is 3.56. The van der Waals surface area contributed by atoms with Crippen LogP contribution in [0.4, 0.5) is 0 Å². The van der Waals surface area contributed by atoms with Gasteiger partial charge in [0.05, 0.1) is 0 Å². The van der Waals surface area contributed by atoms with E-state index in [0.29, 0.717) is 0 Å². The second kappa shape index (κ2) is 5.83. The third-order valence-corrected chi connectivity index (χ3v) is 3.56. The Labute approximate surface area is 109 Å². The fraction of sp³-hybridized carbons (Fsp3) is 0.154. The van der Waals surface area contributed by atoms with Crippen LogP contribution in [0, 0.1) is 11.3 Å². The van der Waals surface area contributed by atoms with Crippen LogP contribution < -0.4 is 5.32 Å². The predicted molar refractivity (Wildman–Crippen MR) is 71.0 cm³/mol. The van der Waals surface area contributed by atoms with E-state index in [-0.39, 0.29) is 0 Å². The van der Waals surface area contributed by atoms with Gasteiger partial charge in [0.1, 0.15) is 10.9 Å². The van der Waals surface area contributed by atoms with E-state index in [1.54, 1.807) is 0 Å². The molecule has 0 aliphatic rings. The van der Waals surface area contributed by atoms with Gasteiger partial charge in [-0.25, -0.2) is 0 Å². The van der Waals surface area contributed by atoms with E-state index in [4.69, 9.17) is 16.9 Å². The third kappa shape index (κ3) is 3.57. The van der Waals surface area contributed by atoms with Crippen molar-refractivity contribution < 1.29 is 0 Å². The Kier molecular flexibility index (Phi) is 4.16. The second-order valence-corrected chi connectivity index (χ2v) is 5.21. The molecule has 1 N–H and O–H groups in total. The molecule has 0 spiro atoms. The SMILES string of the molecule is N#Cc1ccc(CNCc2ccc(Cl)cc2)s1. The monoisotopic (exact) mass is 262 g/mol. The number of nitrogens with one attached hydrogen (secondary N) is 1. The second-order valence-electron chi connectivity index (χ2n) is 3.61. The van der Waals surface area contributed by atoms with Gasteiger partial charge in [-0.05, 0) is 29.8 Å². The van der Waals surface area contributed by atoms with Gasteiger partial charge in [0, 0.05) is 23.0 Å². The molecule has 1 heterocycles. The molecule has 1 aromatic heterocycles. The maximum absolute atomic E-state index is 8.71. The smallest absolute Gasteiger partial charge is 0.110 e. The average molecular weight is 263 g/mol. The first-order chi connectivity index (χ1) is 8.28. The number of nitriles is 1. The number of hydrogen-bond donors (Lipinski definition) is 1. The van der Waals surface area contributed by atoms with E-state index in [2.05, 4.69) is 11.4 Å². The Morgan fingerprint density at radius 1 is 1.12 bits per heavy atom. The first-order valence-corrected chi connectivity index (χ1v) is 6.41. The van der Waals surface area contributed by atoms with Gasteiger partial charge in [0.2, 0.25) is 0 Å². The molecule has 0 saturated carbocycles. The fourth-order valence-electron chi connectivity index (χ4n) is 1.47. The highest BCUT2D eigenvalue weighted by atomic mass is 35.5. The number of hydrogen-bond acceptors (Lipinski definition) is 3. The summed E-state index contributed by atoms with van der Waals surface area (Å²) in [5, 5.41) is 12.8. The van der Waals surface area contributed by atoms with Crippen LogP contribution >= 0.6 is 22.9 Å². The van der Waals surface area contributed by atoms with E-state index in [0.717, 1.165) is 23.0 Å². The molecule has 2 rings (SSSR count). The van der Waals surface area contributed by atoms with Gasteiger partial charge in [-0.3, -0.25) is 0 Å². The topological polar surface area (TPSA) is 35.8 Å². The molecule has 0 aliphatic heterocycles. The molecule has 0 saturated heterocycles. The molecule has 0 aliphatic carbocycles. The molecule has 0 unspecified atom stereocenters. The minimum Gasteiger partial charge on any atom is -0.308 e. The summed E-state index contributed by atoms with van der Waals surface area (Å²) in [6.07, 6.45) is 0. The highest BCUT2D eigenvalue weighted by molar-refractivity contribution is 7.12. The number of nitrogens with zero attached hydrogens (tertiary/aromatic N) is 1. The lowest BCUT2D eigenvalue weighted by molar-refractivity contribution is 0.701. The lowest BCUT2D eigenvalue weighted by atomic mass is 10.2. The van der Waals surface area contributed by atoms with Gasteiger partial charge in [0.25, 0.3) is 0 Å². The summed E-state index contributed by atoms with van der Waals surface area (Å²) in [5.41, 5.74) is 1.20. The first kappa shape index (κ1) is 12.1. The summed E-state index contributed by atoms with van der Waals surface area (Å²) in [6, 6.07) is 13.8. The Morgan fingerprint density at radius 3 is 2.53 bits per heavy atom. The summed E-state index contributed by atoms with van der Waals surface area (Å²) in [5.74, 6) is 0. The lowest BCUT2D eigenvalue weighted by Gasteiger charge is -2.03. The zero-order valence-electron chi connectivity index (χ0n) is 9.11. The number of benzene rings is 1. The van der Waals surface area contributed by atoms with Crippen LogP contribution in [0.3, 0.4) is 0 Å².